The van der Waals surface area contributed by atoms with Gasteiger partial charge < -0.3 is 10.1 Å². The van der Waals surface area contributed by atoms with E-state index in [1.54, 1.807) is 7.11 Å². The number of hydrogen-bond acceptors (Lipinski definition) is 3. The standard InChI is InChI=1S/C18H28N2O/c1-14-5-8-17(21-3)15(11-14)12-20-10-4-9-19-18(2,13-20)16-6-7-16/h5,8,11,16,19H,4,6-7,9-10,12-13H2,1-3H3. The lowest BCUT2D eigenvalue weighted by molar-refractivity contribution is 0.193. The number of hydrogen-bond donors (Lipinski definition) is 1. The highest BCUT2D eigenvalue weighted by Gasteiger charge is 2.42. The molecule has 3 rings (SSSR count). The van der Waals surface area contributed by atoms with E-state index < -0.39 is 0 Å². The second kappa shape index (κ2) is 5.98. The van der Waals surface area contributed by atoms with Crippen LogP contribution in [0.25, 0.3) is 0 Å². The molecule has 1 aliphatic heterocycles. The fourth-order valence-corrected chi connectivity index (χ4v) is 3.68. The minimum atomic E-state index is 0.299. The van der Waals surface area contributed by atoms with Gasteiger partial charge in [-0.15, -0.1) is 0 Å². The van der Waals surface area contributed by atoms with Gasteiger partial charge in [0.1, 0.15) is 5.75 Å². The first-order chi connectivity index (χ1) is 10.1. The van der Waals surface area contributed by atoms with Crippen molar-refractivity contribution in [3.05, 3.63) is 29.3 Å². The number of rotatable bonds is 4. The summed E-state index contributed by atoms with van der Waals surface area (Å²) in [6, 6.07) is 6.49. The Balaban J connectivity index is 1.75. The van der Waals surface area contributed by atoms with Crippen molar-refractivity contribution >= 4 is 0 Å². The Bertz CT molecular complexity index is 498. The number of aryl methyl sites for hydroxylation is 1. The van der Waals surface area contributed by atoms with Crippen LogP contribution in [0.4, 0.5) is 0 Å². The second-order valence-electron chi connectivity index (χ2n) is 7.00. The summed E-state index contributed by atoms with van der Waals surface area (Å²) in [4.78, 5) is 2.61. The molecule has 3 nitrogen and oxygen atoms in total. The van der Waals surface area contributed by atoms with E-state index >= 15 is 0 Å². The normalized spacial score (nSPS) is 27.4. The van der Waals surface area contributed by atoms with Crippen LogP contribution in [0.2, 0.25) is 0 Å². The minimum absolute atomic E-state index is 0.299. The molecule has 1 N–H and O–H groups in total. The third-order valence-electron chi connectivity index (χ3n) is 5.04. The van der Waals surface area contributed by atoms with Crippen molar-refractivity contribution in [1.82, 2.24) is 10.2 Å². The topological polar surface area (TPSA) is 24.5 Å². The minimum Gasteiger partial charge on any atom is -0.496 e. The maximum absolute atomic E-state index is 5.54. The summed E-state index contributed by atoms with van der Waals surface area (Å²) in [6.07, 6.45) is 4.02. The first-order valence-electron chi connectivity index (χ1n) is 8.21. The third-order valence-corrected chi connectivity index (χ3v) is 5.04. The lowest BCUT2D eigenvalue weighted by atomic mass is 9.95. The molecule has 116 valence electrons. The van der Waals surface area contributed by atoms with E-state index in [9.17, 15) is 0 Å². The van der Waals surface area contributed by atoms with Gasteiger partial charge in [0.25, 0.3) is 0 Å². The first-order valence-corrected chi connectivity index (χ1v) is 8.21. The Labute approximate surface area is 128 Å². The lowest BCUT2D eigenvalue weighted by Crippen LogP contribution is -2.50. The number of nitrogens with one attached hydrogen (secondary N) is 1. The predicted octanol–water partition coefficient (Wildman–Crippen LogP) is 2.97. The molecule has 0 radical (unpaired) electrons. The molecule has 3 heteroatoms. The molecular formula is C18H28N2O. The van der Waals surface area contributed by atoms with Crippen molar-refractivity contribution in [1.29, 1.82) is 0 Å². The molecule has 0 spiro atoms. The summed E-state index contributed by atoms with van der Waals surface area (Å²) in [5.41, 5.74) is 2.93. The average molecular weight is 288 g/mol. The molecule has 1 atom stereocenters. The maximum Gasteiger partial charge on any atom is 0.123 e. The zero-order valence-corrected chi connectivity index (χ0v) is 13.6. The van der Waals surface area contributed by atoms with Gasteiger partial charge in [0.05, 0.1) is 7.11 Å². The fraction of sp³-hybridized carbons (Fsp3) is 0.667. The van der Waals surface area contributed by atoms with Crippen LogP contribution in [0.5, 0.6) is 5.75 Å². The molecule has 1 saturated heterocycles. The van der Waals surface area contributed by atoms with Crippen LogP contribution >= 0.6 is 0 Å². The summed E-state index contributed by atoms with van der Waals surface area (Å²) in [5, 5.41) is 3.80. The van der Waals surface area contributed by atoms with Crippen LogP contribution in [0.1, 0.15) is 37.3 Å². The van der Waals surface area contributed by atoms with Gasteiger partial charge >= 0.3 is 0 Å². The lowest BCUT2D eigenvalue weighted by Gasteiger charge is -2.34. The van der Waals surface area contributed by atoms with Crippen LogP contribution in [0, 0.1) is 12.8 Å². The molecule has 0 bridgehead atoms. The van der Waals surface area contributed by atoms with E-state index in [1.165, 1.54) is 36.9 Å². The van der Waals surface area contributed by atoms with Crippen molar-refractivity contribution in [2.24, 2.45) is 5.92 Å². The summed E-state index contributed by atoms with van der Waals surface area (Å²) >= 11 is 0. The number of ether oxygens (including phenoxy) is 1. The van der Waals surface area contributed by atoms with Gasteiger partial charge in [-0.25, -0.2) is 0 Å². The molecule has 0 aromatic heterocycles. The van der Waals surface area contributed by atoms with Crippen LogP contribution in [-0.4, -0.2) is 37.2 Å². The largest absolute Gasteiger partial charge is 0.496 e. The van der Waals surface area contributed by atoms with Crippen molar-refractivity contribution < 1.29 is 4.74 Å². The Hall–Kier alpha value is -1.06. The van der Waals surface area contributed by atoms with Crippen LogP contribution in [-0.2, 0) is 6.54 Å². The van der Waals surface area contributed by atoms with E-state index in [1.807, 2.05) is 0 Å². The first kappa shape index (κ1) is 14.9. The number of methoxy groups -OCH3 is 1. The Morgan fingerprint density at radius 1 is 1.38 bits per heavy atom. The summed E-state index contributed by atoms with van der Waals surface area (Å²) < 4.78 is 5.54. The van der Waals surface area contributed by atoms with Crippen molar-refractivity contribution in [3.8, 4) is 5.75 Å². The molecule has 1 aromatic rings. The van der Waals surface area contributed by atoms with E-state index in [-0.39, 0.29) is 0 Å². The molecule has 2 aliphatic rings. The van der Waals surface area contributed by atoms with Gasteiger partial charge in [0, 0.05) is 24.2 Å². The van der Waals surface area contributed by atoms with Crippen LogP contribution in [0.15, 0.2) is 18.2 Å². The fourth-order valence-electron chi connectivity index (χ4n) is 3.68. The third kappa shape index (κ3) is 3.41. The van der Waals surface area contributed by atoms with Crippen molar-refractivity contribution in [2.75, 3.05) is 26.7 Å². The van der Waals surface area contributed by atoms with Gasteiger partial charge in [-0.05, 0) is 58.2 Å². The Morgan fingerprint density at radius 3 is 2.90 bits per heavy atom. The molecule has 1 saturated carbocycles. The van der Waals surface area contributed by atoms with Gasteiger partial charge in [-0.3, -0.25) is 4.90 Å². The van der Waals surface area contributed by atoms with Crippen molar-refractivity contribution in [2.45, 2.75) is 45.2 Å². The molecule has 1 heterocycles. The molecule has 1 aromatic carbocycles. The smallest absolute Gasteiger partial charge is 0.123 e. The van der Waals surface area contributed by atoms with Crippen LogP contribution < -0.4 is 10.1 Å². The highest BCUT2D eigenvalue weighted by molar-refractivity contribution is 5.36. The SMILES string of the molecule is COc1ccc(C)cc1CN1CCCNC(C)(C2CC2)C1. The predicted molar refractivity (Wildman–Crippen MR) is 86.8 cm³/mol. The Morgan fingerprint density at radius 2 is 2.19 bits per heavy atom. The molecule has 1 aliphatic carbocycles. The summed E-state index contributed by atoms with van der Waals surface area (Å²) in [6.45, 7) is 9.03. The zero-order valence-electron chi connectivity index (χ0n) is 13.6. The summed E-state index contributed by atoms with van der Waals surface area (Å²) in [5.74, 6) is 1.89. The van der Waals surface area contributed by atoms with Gasteiger partial charge in [-0.2, -0.15) is 0 Å². The number of nitrogens with zero attached hydrogens (tertiary/aromatic N) is 1. The zero-order chi connectivity index (χ0) is 14.9. The Kier molecular flexibility index (Phi) is 4.23. The van der Waals surface area contributed by atoms with E-state index in [4.69, 9.17) is 4.74 Å². The van der Waals surface area contributed by atoms with Gasteiger partial charge in [0.15, 0.2) is 0 Å². The summed E-state index contributed by atoms with van der Waals surface area (Å²) in [7, 11) is 1.77. The van der Waals surface area contributed by atoms with Crippen molar-refractivity contribution in [3.63, 3.8) is 0 Å². The molecule has 21 heavy (non-hydrogen) atoms. The monoisotopic (exact) mass is 288 g/mol. The van der Waals surface area contributed by atoms with E-state index in [0.717, 1.165) is 31.3 Å². The highest BCUT2D eigenvalue weighted by atomic mass is 16.5. The van der Waals surface area contributed by atoms with E-state index in [2.05, 4.69) is 42.3 Å². The van der Waals surface area contributed by atoms with E-state index in [0.29, 0.717) is 5.54 Å². The molecular weight excluding hydrogens is 260 g/mol. The highest BCUT2D eigenvalue weighted by Crippen LogP contribution is 2.40. The number of benzene rings is 1. The molecule has 2 fully saturated rings. The van der Waals surface area contributed by atoms with Gasteiger partial charge in [-0.1, -0.05) is 17.7 Å². The van der Waals surface area contributed by atoms with Gasteiger partial charge in [0.2, 0.25) is 0 Å². The quantitative estimate of drug-likeness (QED) is 0.922. The molecule has 0 amide bonds. The second-order valence-corrected chi connectivity index (χ2v) is 7.00. The maximum atomic E-state index is 5.54. The molecule has 1 unspecified atom stereocenters. The average Bonchev–Trinajstić information content (AvgIpc) is 3.28. The van der Waals surface area contributed by atoms with Crippen LogP contribution in [0.3, 0.4) is 0 Å².